The van der Waals surface area contributed by atoms with E-state index in [-0.39, 0.29) is 0 Å². The minimum Gasteiger partial charge on any atom is -0.371 e. The van der Waals surface area contributed by atoms with Crippen LogP contribution in [0.25, 0.3) is 0 Å². The minimum absolute atomic E-state index is 0.409. The molecule has 2 aliphatic heterocycles. The van der Waals surface area contributed by atoms with E-state index in [1.165, 1.54) is 30.5 Å². The zero-order chi connectivity index (χ0) is 13.9. The smallest absolute Gasteiger partial charge is 0.0755 e. The van der Waals surface area contributed by atoms with E-state index in [4.69, 9.17) is 4.74 Å². The van der Waals surface area contributed by atoms with Gasteiger partial charge in [0.25, 0.3) is 0 Å². The van der Waals surface area contributed by atoms with Crippen LogP contribution in [-0.4, -0.2) is 31.8 Å². The van der Waals surface area contributed by atoms with Crippen molar-refractivity contribution in [2.75, 3.05) is 24.5 Å². The molecule has 1 N–H and O–H groups in total. The Hall–Kier alpha value is -1.06. The first-order valence-electron chi connectivity index (χ1n) is 8.00. The SMILES string of the molecule is CCCNC(C)c1ccccc1N1CC2CCC(C1)O2. The van der Waals surface area contributed by atoms with Gasteiger partial charge in [-0.05, 0) is 44.4 Å². The molecule has 2 bridgehead atoms. The zero-order valence-corrected chi connectivity index (χ0v) is 12.6. The summed E-state index contributed by atoms with van der Waals surface area (Å²) < 4.78 is 5.96. The molecule has 0 aliphatic carbocycles. The molecule has 20 heavy (non-hydrogen) atoms. The molecule has 0 saturated carbocycles. The molecule has 1 aromatic rings. The topological polar surface area (TPSA) is 24.5 Å². The second-order valence-corrected chi connectivity index (χ2v) is 6.10. The third-order valence-corrected chi connectivity index (χ3v) is 4.49. The molecule has 2 fully saturated rings. The molecule has 0 radical (unpaired) electrons. The van der Waals surface area contributed by atoms with E-state index in [0.29, 0.717) is 18.2 Å². The first-order valence-corrected chi connectivity index (χ1v) is 8.00. The van der Waals surface area contributed by atoms with Crippen molar-refractivity contribution in [3.8, 4) is 0 Å². The van der Waals surface area contributed by atoms with Gasteiger partial charge in [0.1, 0.15) is 0 Å². The van der Waals surface area contributed by atoms with Crippen LogP contribution in [0.5, 0.6) is 0 Å². The van der Waals surface area contributed by atoms with Gasteiger partial charge in [-0.15, -0.1) is 0 Å². The Bertz CT molecular complexity index is 436. The first-order chi connectivity index (χ1) is 9.78. The van der Waals surface area contributed by atoms with Crippen LogP contribution in [0.2, 0.25) is 0 Å². The van der Waals surface area contributed by atoms with Gasteiger partial charge in [0.2, 0.25) is 0 Å². The molecule has 0 aromatic heterocycles. The van der Waals surface area contributed by atoms with Crippen LogP contribution in [-0.2, 0) is 4.74 Å². The van der Waals surface area contributed by atoms with Gasteiger partial charge in [-0.2, -0.15) is 0 Å². The van der Waals surface area contributed by atoms with Crippen molar-refractivity contribution >= 4 is 5.69 Å². The summed E-state index contributed by atoms with van der Waals surface area (Å²) in [6.07, 6.45) is 4.52. The average molecular weight is 274 g/mol. The summed E-state index contributed by atoms with van der Waals surface area (Å²) >= 11 is 0. The Morgan fingerprint density at radius 1 is 1.25 bits per heavy atom. The number of rotatable bonds is 5. The van der Waals surface area contributed by atoms with Crippen molar-refractivity contribution in [2.24, 2.45) is 0 Å². The number of hydrogen-bond acceptors (Lipinski definition) is 3. The van der Waals surface area contributed by atoms with Crippen molar-refractivity contribution in [1.82, 2.24) is 5.32 Å². The van der Waals surface area contributed by atoms with Crippen molar-refractivity contribution in [1.29, 1.82) is 0 Å². The van der Waals surface area contributed by atoms with E-state index < -0.39 is 0 Å². The maximum absolute atomic E-state index is 5.96. The van der Waals surface area contributed by atoms with Crippen molar-refractivity contribution < 1.29 is 4.74 Å². The van der Waals surface area contributed by atoms with Crippen molar-refractivity contribution in [3.63, 3.8) is 0 Å². The van der Waals surface area contributed by atoms with Crippen LogP contribution < -0.4 is 10.2 Å². The average Bonchev–Trinajstić information content (AvgIpc) is 2.83. The maximum Gasteiger partial charge on any atom is 0.0755 e. The van der Waals surface area contributed by atoms with Crippen LogP contribution in [0.4, 0.5) is 5.69 Å². The molecule has 3 atom stereocenters. The van der Waals surface area contributed by atoms with Crippen LogP contribution in [0, 0.1) is 0 Å². The summed E-state index contributed by atoms with van der Waals surface area (Å²) in [5.41, 5.74) is 2.81. The highest BCUT2D eigenvalue weighted by Gasteiger charge is 2.34. The Kier molecular flexibility index (Phi) is 4.27. The normalized spacial score (nSPS) is 26.8. The van der Waals surface area contributed by atoms with Gasteiger partial charge in [0, 0.05) is 24.8 Å². The molecule has 1 aromatic carbocycles. The summed E-state index contributed by atoms with van der Waals surface area (Å²) in [4.78, 5) is 2.53. The van der Waals surface area contributed by atoms with E-state index >= 15 is 0 Å². The summed E-state index contributed by atoms with van der Waals surface area (Å²) in [6.45, 7) is 7.65. The lowest BCUT2D eigenvalue weighted by Crippen LogP contribution is -2.43. The molecule has 3 nitrogen and oxygen atoms in total. The predicted octanol–water partition coefficient (Wildman–Crippen LogP) is 3.11. The third kappa shape index (κ3) is 2.84. The number of nitrogens with one attached hydrogen (secondary N) is 1. The van der Waals surface area contributed by atoms with Gasteiger partial charge in [-0.1, -0.05) is 25.1 Å². The van der Waals surface area contributed by atoms with Crippen molar-refractivity contribution in [2.45, 2.75) is 51.4 Å². The van der Waals surface area contributed by atoms with E-state index in [9.17, 15) is 0 Å². The quantitative estimate of drug-likeness (QED) is 0.893. The van der Waals surface area contributed by atoms with Crippen LogP contribution in [0.15, 0.2) is 24.3 Å². The van der Waals surface area contributed by atoms with Crippen LogP contribution >= 0.6 is 0 Å². The lowest BCUT2D eigenvalue weighted by atomic mass is 10.0. The number of hydrogen-bond donors (Lipinski definition) is 1. The number of morpholine rings is 1. The van der Waals surface area contributed by atoms with Gasteiger partial charge in [0.15, 0.2) is 0 Å². The standard InChI is InChI=1S/C17H26N2O/c1-3-10-18-13(2)16-6-4-5-7-17(16)19-11-14-8-9-15(12-19)20-14/h4-7,13-15,18H,3,8-12H2,1-2H3. The predicted molar refractivity (Wildman–Crippen MR) is 83.3 cm³/mol. The van der Waals surface area contributed by atoms with Crippen LogP contribution in [0.3, 0.4) is 0 Å². The number of fused-ring (bicyclic) bond motifs is 2. The number of nitrogens with zero attached hydrogens (tertiary/aromatic N) is 1. The molecule has 3 heteroatoms. The molecule has 3 unspecified atom stereocenters. The number of para-hydroxylation sites is 1. The summed E-state index contributed by atoms with van der Waals surface area (Å²) in [5, 5.41) is 3.61. The Labute approximate surface area is 122 Å². The minimum atomic E-state index is 0.409. The molecular weight excluding hydrogens is 248 g/mol. The highest BCUT2D eigenvalue weighted by molar-refractivity contribution is 5.55. The van der Waals surface area contributed by atoms with E-state index in [1.807, 2.05) is 0 Å². The lowest BCUT2D eigenvalue weighted by Gasteiger charge is -2.36. The van der Waals surface area contributed by atoms with Gasteiger partial charge in [-0.25, -0.2) is 0 Å². The fourth-order valence-electron chi connectivity index (χ4n) is 3.42. The molecule has 0 amide bonds. The molecule has 2 aliphatic rings. The molecule has 2 heterocycles. The maximum atomic E-state index is 5.96. The second kappa shape index (κ2) is 6.15. The highest BCUT2D eigenvalue weighted by atomic mass is 16.5. The van der Waals surface area contributed by atoms with Gasteiger partial charge in [-0.3, -0.25) is 0 Å². The summed E-state index contributed by atoms with van der Waals surface area (Å²) in [6, 6.07) is 9.25. The van der Waals surface area contributed by atoms with Crippen molar-refractivity contribution in [3.05, 3.63) is 29.8 Å². The van der Waals surface area contributed by atoms with E-state index in [1.54, 1.807) is 0 Å². The molecule has 3 rings (SSSR count). The fraction of sp³-hybridized carbons (Fsp3) is 0.647. The zero-order valence-electron chi connectivity index (χ0n) is 12.6. The van der Waals surface area contributed by atoms with Crippen LogP contribution in [0.1, 0.15) is 44.7 Å². The van der Waals surface area contributed by atoms with Gasteiger partial charge >= 0.3 is 0 Å². The Morgan fingerprint density at radius 2 is 1.95 bits per heavy atom. The summed E-state index contributed by atoms with van der Waals surface area (Å²) in [5.74, 6) is 0. The molecule has 110 valence electrons. The number of ether oxygens (including phenoxy) is 1. The van der Waals surface area contributed by atoms with Gasteiger partial charge in [0.05, 0.1) is 12.2 Å². The molecular formula is C17H26N2O. The Balaban J connectivity index is 1.78. The monoisotopic (exact) mass is 274 g/mol. The number of benzene rings is 1. The highest BCUT2D eigenvalue weighted by Crippen LogP contribution is 2.33. The third-order valence-electron chi connectivity index (χ3n) is 4.49. The summed E-state index contributed by atoms with van der Waals surface area (Å²) in [7, 11) is 0. The fourth-order valence-corrected chi connectivity index (χ4v) is 3.42. The molecule has 2 saturated heterocycles. The van der Waals surface area contributed by atoms with E-state index in [0.717, 1.165) is 19.6 Å². The number of anilines is 1. The molecule has 0 spiro atoms. The van der Waals surface area contributed by atoms with E-state index in [2.05, 4.69) is 48.3 Å². The Morgan fingerprint density at radius 3 is 2.65 bits per heavy atom. The second-order valence-electron chi connectivity index (χ2n) is 6.10. The lowest BCUT2D eigenvalue weighted by molar-refractivity contribution is 0.0304. The largest absolute Gasteiger partial charge is 0.371 e. The first kappa shape index (κ1) is 13.9. The van der Waals surface area contributed by atoms with Gasteiger partial charge < -0.3 is 15.0 Å².